The van der Waals surface area contributed by atoms with Gasteiger partial charge in [0.25, 0.3) is 0 Å². The maximum Gasteiger partial charge on any atom is 0.0719 e. The van der Waals surface area contributed by atoms with Crippen molar-refractivity contribution in [1.29, 1.82) is 0 Å². The van der Waals surface area contributed by atoms with Crippen LogP contribution < -0.4 is 0 Å². The highest BCUT2D eigenvalue weighted by Gasteiger charge is 2.10. The first-order valence-electron chi connectivity index (χ1n) is 6.46. The van der Waals surface area contributed by atoms with Crippen LogP contribution in [0.2, 0.25) is 5.02 Å². The average molecular weight is 347 g/mol. The minimum Gasteiger partial charge on any atom is -0.256 e. The molecule has 1 nitrogen and oxygen atoms in total. The van der Waals surface area contributed by atoms with Crippen molar-refractivity contribution in [3.63, 3.8) is 0 Å². The Hall–Kier alpha value is -1.38. The van der Waals surface area contributed by atoms with E-state index in [0.717, 1.165) is 22.3 Å². The van der Waals surface area contributed by atoms with E-state index in [2.05, 4.69) is 51.2 Å². The van der Waals surface area contributed by atoms with E-state index in [1.807, 2.05) is 30.5 Å². The lowest BCUT2D eigenvalue weighted by Crippen LogP contribution is -1.96. The fraction of sp³-hybridized carbons (Fsp3) is 0.118. The van der Waals surface area contributed by atoms with Gasteiger partial charge in [0.1, 0.15) is 0 Å². The Balaban J connectivity index is 1.95. The normalized spacial score (nSPS) is 12.5. The minimum absolute atomic E-state index is 0.296. The van der Waals surface area contributed by atoms with E-state index in [0.29, 0.717) is 4.83 Å². The van der Waals surface area contributed by atoms with Gasteiger partial charge in [0, 0.05) is 21.4 Å². The van der Waals surface area contributed by atoms with Crippen molar-refractivity contribution >= 4 is 38.4 Å². The largest absolute Gasteiger partial charge is 0.256 e. The molecule has 0 fully saturated rings. The molecule has 0 bridgehead atoms. The van der Waals surface area contributed by atoms with Gasteiger partial charge < -0.3 is 0 Å². The van der Waals surface area contributed by atoms with Gasteiger partial charge in [-0.15, -0.1) is 0 Å². The molecule has 1 unspecified atom stereocenters. The van der Waals surface area contributed by atoms with Crippen LogP contribution >= 0.6 is 27.5 Å². The second kappa shape index (κ2) is 5.94. The SMILES string of the molecule is Clc1ccc2c(CC(Br)c3ccccc3)ccnc2c1. The number of nitrogens with zero attached hydrogens (tertiary/aromatic N) is 1. The zero-order valence-corrected chi connectivity index (χ0v) is 13.1. The van der Waals surface area contributed by atoms with Crippen molar-refractivity contribution in [2.45, 2.75) is 11.2 Å². The third kappa shape index (κ3) is 2.87. The first-order chi connectivity index (χ1) is 9.74. The Morgan fingerprint density at radius 2 is 1.85 bits per heavy atom. The Kier molecular flexibility index (Phi) is 4.04. The average Bonchev–Trinajstić information content (AvgIpc) is 2.48. The van der Waals surface area contributed by atoms with Gasteiger partial charge in [-0.1, -0.05) is 63.9 Å². The Bertz CT molecular complexity index is 727. The molecule has 3 heteroatoms. The van der Waals surface area contributed by atoms with E-state index >= 15 is 0 Å². The molecule has 3 rings (SSSR count). The topological polar surface area (TPSA) is 12.9 Å². The van der Waals surface area contributed by atoms with Gasteiger partial charge in [-0.05, 0) is 35.7 Å². The summed E-state index contributed by atoms with van der Waals surface area (Å²) >= 11 is 9.80. The number of pyridine rings is 1. The van der Waals surface area contributed by atoms with Gasteiger partial charge in [-0.3, -0.25) is 4.98 Å². The summed E-state index contributed by atoms with van der Waals surface area (Å²) in [7, 11) is 0. The summed E-state index contributed by atoms with van der Waals surface area (Å²) in [6.45, 7) is 0. The maximum atomic E-state index is 6.02. The zero-order valence-electron chi connectivity index (χ0n) is 10.8. The number of halogens is 2. The van der Waals surface area contributed by atoms with Crippen LogP contribution in [0.5, 0.6) is 0 Å². The molecule has 0 aliphatic rings. The first kappa shape index (κ1) is 13.6. The molecule has 0 saturated carbocycles. The number of alkyl halides is 1. The molecule has 2 aromatic carbocycles. The van der Waals surface area contributed by atoms with Crippen LogP contribution in [0.3, 0.4) is 0 Å². The molecular formula is C17H13BrClN. The molecule has 0 aliphatic carbocycles. The Morgan fingerprint density at radius 3 is 2.65 bits per heavy atom. The van der Waals surface area contributed by atoms with Gasteiger partial charge in [-0.25, -0.2) is 0 Å². The third-order valence-corrected chi connectivity index (χ3v) is 4.44. The lowest BCUT2D eigenvalue weighted by atomic mass is 10.0. The third-order valence-electron chi connectivity index (χ3n) is 3.36. The molecule has 20 heavy (non-hydrogen) atoms. The molecule has 0 amide bonds. The molecule has 3 aromatic rings. The number of aromatic nitrogens is 1. The van der Waals surface area contributed by atoms with Gasteiger partial charge in [0.15, 0.2) is 0 Å². The first-order valence-corrected chi connectivity index (χ1v) is 7.75. The fourth-order valence-corrected chi connectivity index (χ4v) is 3.15. The van der Waals surface area contributed by atoms with E-state index in [9.17, 15) is 0 Å². The minimum atomic E-state index is 0.296. The van der Waals surface area contributed by atoms with Crippen LogP contribution in [-0.4, -0.2) is 4.98 Å². The van der Waals surface area contributed by atoms with Gasteiger partial charge in [-0.2, -0.15) is 0 Å². The number of hydrogen-bond donors (Lipinski definition) is 0. The molecule has 1 aromatic heterocycles. The molecule has 0 saturated heterocycles. The predicted octanol–water partition coefficient (Wildman–Crippen LogP) is 5.57. The number of fused-ring (bicyclic) bond motifs is 1. The summed E-state index contributed by atoms with van der Waals surface area (Å²) < 4.78 is 0. The van der Waals surface area contributed by atoms with Crippen molar-refractivity contribution in [1.82, 2.24) is 4.98 Å². The van der Waals surface area contributed by atoms with Crippen LogP contribution in [0.25, 0.3) is 10.9 Å². The highest BCUT2D eigenvalue weighted by molar-refractivity contribution is 9.09. The van der Waals surface area contributed by atoms with Gasteiger partial charge in [0.05, 0.1) is 5.52 Å². The van der Waals surface area contributed by atoms with Crippen LogP contribution in [0.4, 0.5) is 0 Å². The second-order valence-electron chi connectivity index (χ2n) is 4.71. The maximum absolute atomic E-state index is 6.02. The van der Waals surface area contributed by atoms with Crippen molar-refractivity contribution in [3.8, 4) is 0 Å². The Morgan fingerprint density at radius 1 is 1.05 bits per heavy atom. The van der Waals surface area contributed by atoms with Crippen LogP contribution in [0.15, 0.2) is 60.8 Å². The van der Waals surface area contributed by atoms with E-state index in [1.165, 1.54) is 11.1 Å². The monoisotopic (exact) mass is 345 g/mol. The quantitative estimate of drug-likeness (QED) is 0.565. The summed E-state index contributed by atoms with van der Waals surface area (Å²) in [5.74, 6) is 0. The molecule has 0 N–H and O–H groups in total. The lowest BCUT2D eigenvalue weighted by Gasteiger charge is -2.12. The Labute approximate surface area is 131 Å². The second-order valence-corrected chi connectivity index (χ2v) is 6.26. The molecular weight excluding hydrogens is 334 g/mol. The van der Waals surface area contributed by atoms with Crippen molar-refractivity contribution in [2.75, 3.05) is 0 Å². The van der Waals surface area contributed by atoms with E-state index in [4.69, 9.17) is 11.6 Å². The van der Waals surface area contributed by atoms with E-state index < -0.39 is 0 Å². The van der Waals surface area contributed by atoms with Crippen LogP contribution in [-0.2, 0) is 6.42 Å². The number of rotatable bonds is 3. The number of hydrogen-bond acceptors (Lipinski definition) is 1. The molecule has 0 aliphatic heterocycles. The smallest absolute Gasteiger partial charge is 0.0719 e. The standard InChI is InChI=1S/C17H13BrClN/c18-16(12-4-2-1-3-5-12)10-13-8-9-20-17-11-14(19)6-7-15(13)17/h1-9,11,16H,10H2. The van der Waals surface area contributed by atoms with Crippen molar-refractivity contribution in [2.24, 2.45) is 0 Å². The van der Waals surface area contributed by atoms with E-state index in [-0.39, 0.29) is 0 Å². The highest BCUT2D eigenvalue weighted by Crippen LogP contribution is 2.30. The summed E-state index contributed by atoms with van der Waals surface area (Å²) in [5.41, 5.74) is 3.51. The lowest BCUT2D eigenvalue weighted by molar-refractivity contribution is 0.955. The summed E-state index contributed by atoms with van der Waals surface area (Å²) in [5, 5.41) is 1.89. The fourth-order valence-electron chi connectivity index (χ4n) is 2.33. The van der Waals surface area contributed by atoms with Crippen molar-refractivity contribution < 1.29 is 0 Å². The number of benzene rings is 2. The molecule has 0 radical (unpaired) electrons. The summed E-state index contributed by atoms with van der Waals surface area (Å²) in [6, 6.07) is 18.4. The molecule has 1 atom stereocenters. The van der Waals surface area contributed by atoms with E-state index in [1.54, 1.807) is 0 Å². The highest BCUT2D eigenvalue weighted by atomic mass is 79.9. The zero-order chi connectivity index (χ0) is 13.9. The van der Waals surface area contributed by atoms with Crippen LogP contribution in [0.1, 0.15) is 16.0 Å². The molecule has 1 heterocycles. The van der Waals surface area contributed by atoms with Crippen molar-refractivity contribution in [3.05, 3.63) is 76.9 Å². The summed E-state index contributed by atoms with van der Waals surface area (Å²) in [6.07, 6.45) is 2.77. The van der Waals surface area contributed by atoms with Gasteiger partial charge in [0.2, 0.25) is 0 Å². The molecule has 0 spiro atoms. The summed E-state index contributed by atoms with van der Waals surface area (Å²) in [4.78, 5) is 4.68. The predicted molar refractivity (Wildman–Crippen MR) is 88.6 cm³/mol. The molecule has 100 valence electrons. The van der Waals surface area contributed by atoms with Gasteiger partial charge >= 0.3 is 0 Å². The van der Waals surface area contributed by atoms with Crippen LogP contribution in [0, 0.1) is 0 Å².